The number of nitrogens with zero attached hydrogens (tertiary/aromatic N) is 5. The van der Waals surface area contributed by atoms with Crippen molar-refractivity contribution >= 4 is 17.6 Å². The molecule has 3 rings (SSSR count). The summed E-state index contributed by atoms with van der Waals surface area (Å²) >= 11 is 0. The first kappa shape index (κ1) is 16.3. The molecule has 0 aliphatic heterocycles. The van der Waals surface area contributed by atoms with E-state index in [9.17, 15) is 14.9 Å². The van der Waals surface area contributed by atoms with Gasteiger partial charge >= 0.3 is 6.01 Å². The summed E-state index contributed by atoms with van der Waals surface area (Å²) in [7, 11) is 1.73. The van der Waals surface area contributed by atoms with Crippen LogP contribution in [0.1, 0.15) is 21.6 Å². The van der Waals surface area contributed by atoms with Crippen LogP contribution in [-0.2, 0) is 7.05 Å². The summed E-state index contributed by atoms with van der Waals surface area (Å²) in [4.78, 5) is 22.8. The fourth-order valence-corrected chi connectivity index (χ4v) is 2.42. The minimum absolute atomic E-state index is 0.107. The Balaban J connectivity index is 1.84. The largest absolute Gasteiger partial charge is 0.401 e. The molecule has 0 spiro atoms. The van der Waals surface area contributed by atoms with E-state index in [1.807, 2.05) is 6.92 Å². The lowest BCUT2D eigenvalue weighted by Crippen LogP contribution is -2.14. The van der Waals surface area contributed by atoms with Gasteiger partial charge in [0.1, 0.15) is 5.69 Å². The molecule has 3 aromatic rings. The van der Waals surface area contributed by atoms with Gasteiger partial charge in [-0.15, -0.1) is 5.10 Å². The lowest BCUT2D eigenvalue weighted by atomic mass is 10.1. The van der Waals surface area contributed by atoms with Gasteiger partial charge < -0.3 is 4.42 Å². The molecule has 0 fully saturated rings. The first-order valence-corrected chi connectivity index (χ1v) is 7.26. The zero-order chi connectivity index (χ0) is 18.1. The number of carbonyl (C=O) groups excluding carboxylic acids is 1. The van der Waals surface area contributed by atoms with Gasteiger partial charge in [-0.25, -0.2) is 0 Å². The van der Waals surface area contributed by atoms with Crippen molar-refractivity contribution in [3.05, 3.63) is 51.2 Å². The second-order valence-corrected chi connectivity index (χ2v) is 5.37. The van der Waals surface area contributed by atoms with Crippen LogP contribution in [0.3, 0.4) is 0 Å². The van der Waals surface area contributed by atoms with E-state index in [0.29, 0.717) is 5.69 Å². The second kappa shape index (κ2) is 6.15. The Morgan fingerprint density at radius 2 is 2.08 bits per heavy atom. The number of benzene rings is 1. The van der Waals surface area contributed by atoms with Crippen molar-refractivity contribution in [2.45, 2.75) is 13.8 Å². The van der Waals surface area contributed by atoms with Gasteiger partial charge in [-0.3, -0.25) is 24.9 Å². The zero-order valence-electron chi connectivity index (χ0n) is 13.7. The van der Waals surface area contributed by atoms with Crippen LogP contribution in [0.5, 0.6) is 0 Å². The minimum Gasteiger partial charge on any atom is -0.401 e. The molecule has 10 nitrogen and oxygen atoms in total. The summed E-state index contributed by atoms with van der Waals surface area (Å²) in [5.74, 6) is -0.369. The van der Waals surface area contributed by atoms with Crippen molar-refractivity contribution in [3.8, 4) is 11.6 Å². The highest BCUT2D eigenvalue weighted by molar-refractivity contribution is 6.04. The molecule has 1 amide bonds. The average molecular weight is 342 g/mol. The van der Waals surface area contributed by atoms with Gasteiger partial charge in [0.2, 0.25) is 0 Å². The SMILES string of the molecule is Cc1cc(-c2nnc(NC(=O)c3cccc([N+](=O)[O-])c3C)o2)n(C)n1. The number of aromatic nitrogens is 4. The number of nitro benzene ring substituents is 1. The fourth-order valence-electron chi connectivity index (χ4n) is 2.42. The molecule has 0 unspecified atom stereocenters. The lowest BCUT2D eigenvalue weighted by molar-refractivity contribution is -0.385. The molecular formula is C15H14N6O4. The van der Waals surface area contributed by atoms with Crippen LogP contribution in [-0.4, -0.2) is 30.8 Å². The van der Waals surface area contributed by atoms with E-state index in [0.717, 1.165) is 5.69 Å². The first-order valence-electron chi connectivity index (χ1n) is 7.26. The van der Waals surface area contributed by atoms with Gasteiger partial charge in [0.25, 0.3) is 17.5 Å². The highest BCUT2D eigenvalue weighted by Gasteiger charge is 2.20. The standard InChI is InChI=1S/C15H14N6O4/c1-8-7-12(20(3)19-8)14-17-18-15(25-14)16-13(22)10-5-4-6-11(9(10)2)21(23)24/h4-7H,1-3H3,(H,16,18,22). The predicted octanol–water partition coefficient (Wildman–Crippen LogP) is 2.25. The van der Waals surface area contributed by atoms with Crippen LogP contribution in [0.2, 0.25) is 0 Å². The quantitative estimate of drug-likeness (QED) is 0.568. The molecule has 1 aromatic carbocycles. The molecule has 128 valence electrons. The van der Waals surface area contributed by atoms with E-state index >= 15 is 0 Å². The number of hydrogen-bond donors (Lipinski definition) is 1. The summed E-state index contributed by atoms with van der Waals surface area (Å²) in [6.07, 6.45) is 0. The van der Waals surface area contributed by atoms with Crippen LogP contribution in [0.25, 0.3) is 11.6 Å². The van der Waals surface area contributed by atoms with Crippen molar-refractivity contribution in [2.75, 3.05) is 5.32 Å². The van der Waals surface area contributed by atoms with E-state index in [1.54, 1.807) is 17.8 Å². The third kappa shape index (κ3) is 3.09. The van der Waals surface area contributed by atoms with Crippen molar-refractivity contribution in [3.63, 3.8) is 0 Å². The van der Waals surface area contributed by atoms with Crippen molar-refractivity contribution < 1.29 is 14.1 Å². The zero-order valence-corrected chi connectivity index (χ0v) is 13.7. The second-order valence-electron chi connectivity index (χ2n) is 5.37. The molecule has 0 bridgehead atoms. The molecule has 0 saturated carbocycles. The number of hydrogen-bond acceptors (Lipinski definition) is 7. The van der Waals surface area contributed by atoms with Crippen molar-refractivity contribution in [1.82, 2.24) is 20.0 Å². The van der Waals surface area contributed by atoms with E-state index in [1.165, 1.54) is 25.1 Å². The van der Waals surface area contributed by atoms with E-state index in [-0.39, 0.29) is 28.7 Å². The Morgan fingerprint density at radius 1 is 1.32 bits per heavy atom. The molecule has 0 saturated heterocycles. The molecule has 0 radical (unpaired) electrons. The van der Waals surface area contributed by atoms with E-state index in [2.05, 4.69) is 20.6 Å². The number of carbonyl (C=O) groups is 1. The normalized spacial score (nSPS) is 10.7. The van der Waals surface area contributed by atoms with Crippen LogP contribution in [0, 0.1) is 24.0 Å². The van der Waals surface area contributed by atoms with Gasteiger partial charge in [0, 0.05) is 24.2 Å². The Hall–Kier alpha value is -3.56. The highest BCUT2D eigenvalue weighted by Crippen LogP contribution is 2.23. The third-order valence-corrected chi connectivity index (χ3v) is 3.61. The minimum atomic E-state index is -0.572. The molecule has 25 heavy (non-hydrogen) atoms. The molecule has 1 N–H and O–H groups in total. The Morgan fingerprint density at radius 3 is 2.72 bits per heavy atom. The van der Waals surface area contributed by atoms with Gasteiger partial charge in [-0.05, 0) is 26.0 Å². The monoisotopic (exact) mass is 342 g/mol. The Kier molecular flexibility index (Phi) is 4.01. The molecule has 2 heterocycles. The number of anilines is 1. The number of amides is 1. The molecule has 10 heteroatoms. The maximum Gasteiger partial charge on any atom is 0.322 e. The molecule has 0 atom stereocenters. The maximum absolute atomic E-state index is 12.3. The summed E-state index contributed by atoms with van der Waals surface area (Å²) < 4.78 is 7.01. The van der Waals surface area contributed by atoms with Gasteiger partial charge in [-0.1, -0.05) is 11.2 Å². The van der Waals surface area contributed by atoms with E-state index in [4.69, 9.17) is 4.42 Å². The average Bonchev–Trinajstić information content (AvgIpc) is 3.13. The fraction of sp³-hybridized carbons (Fsp3) is 0.200. The van der Waals surface area contributed by atoms with Crippen molar-refractivity contribution in [1.29, 1.82) is 0 Å². The van der Waals surface area contributed by atoms with Crippen LogP contribution in [0.4, 0.5) is 11.7 Å². The number of rotatable bonds is 4. The van der Waals surface area contributed by atoms with Gasteiger partial charge in [0.15, 0.2) is 0 Å². The summed E-state index contributed by atoms with van der Waals surface area (Å²) in [6, 6.07) is 5.92. The Labute approximate surface area is 141 Å². The van der Waals surface area contributed by atoms with Crippen molar-refractivity contribution in [2.24, 2.45) is 7.05 Å². The molecule has 2 aromatic heterocycles. The smallest absolute Gasteiger partial charge is 0.322 e. The molecule has 0 aliphatic rings. The highest BCUT2D eigenvalue weighted by atomic mass is 16.6. The van der Waals surface area contributed by atoms with Gasteiger partial charge in [0.05, 0.1) is 10.6 Å². The lowest BCUT2D eigenvalue weighted by Gasteiger charge is -2.04. The van der Waals surface area contributed by atoms with Crippen LogP contribution < -0.4 is 5.32 Å². The van der Waals surface area contributed by atoms with Gasteiger partial charge in [-0.2, -0.15) is 5.10 Å². The summed E-state index contributed by atoms with van der Waals surface area (Å²) in [5, 5.41) is 25.3. The molecule has 0 aliphatic carbocycles. The number of aryl methyl sites for hydroxylation is 2. The summed E-state index contributed by atoms with van der Waals surface area (Å²) in [5.41, 5.74) is 1.67. The summed E-state index contributed by atoms with van der Waals surface area (Å²) in [6.45, 7) is 3.33. The predicted molar refractivity (Wildman–Crippen MR) is 87.0 cm³/mol. The van der Waals surface area contributed by atoms with E-state index < -0.39 is 10.8 Å². The maximum atomic E-state index is 12.3. The van der Waals surface area contributed by atoms with Crippen LogP contribution >= 0.6 is 0 Å². The third-order valence-electron chi connectivity index (χ3n) is 3.61. The topological polar surface area (TPSA) is 129 Å². The molecular weight excluding hydrogens is 328 g/mol. The Bertz CT molecular complexity index is 974. The first-order chi connectivity index (χ1) is 11.9. The number of nitro groups is 1. The number of nitrogens with one attached hydrogen (secondary N) is 1. The van der Waals surface area contributed by atoms with Crippen LogP contribution in [0.15, 0.2) is 28.7 Å².